The van der Waals surface area contributed by atoms with E-state index in [0.717, 1.165) is 29.8 Å². The van der Waals surface area contributed by atoms with Crippen molar-refractivity contribution in [2.45, 2.75) is 13.0 Å². The van der Waals surface area contributed by atoms with Crippen molar-refractivity contribution in [2.75, 3.05) is 32.8 Å². The summed E-state index contributed by atoms with van der Waals surface area (Å²) < 4.78 is 19.4. The van der Waals surface area contributed by atoms with Gasteiger partial charge in [-0.15, -0.1) is 0 Å². The second-order valence-electron chi connectivity index (χ2n) is 8.72. The number of aliphatic hydroxyl groups is 1. The average molecular weight is 408 g/mol. The van der Waals surface area contributed by atoms with Gasteiger partial charge >= 0.3 is 0 Å². The van der Waals surface area contributed by atoms with Gasteiger partial charge in [-0.2, -0.15) is 0 Å². The maximum absolute atomic E-state index is 13.4. The number of fused-ring (bicyclic) bond motifs is 2. The van der Waals surface area contributed by atoms with Crippen molar-refractivity contribution in [3.05, 3.63) is 71.7 Å². The van der Waals surface area contributed by atoms with Crippen molar-refractivity contribution in [3.8, 4) is 0 Å². The Hall–Kier alpha value is -2.70. The van der Waals surface area contributed by atoms with Gasteiger partial charge in [-0.3, -0.25) is 9.69 Å². The quantitative estimate of drug-likeness (QED) is 0.705. The number of amides is 1. The highest BCUT2D eigenvalue weighted by Gasteiger charge is 2.53. The van der Waals surface area contributed by atoms with Gasteiger partial charge in [-0.05, 0) is 35.7 Å². The van der Waals surface area contributed by atoms with Gasteiger partial charge in [0.05, 0.1) is 19.6 Å². The van der Waals surface area contributed by atoms with E-state index in [1.807, 2.05) is 29.2 Å². The number of furan rings is 1. The van der Waals surface area contributed by atoms with Crippen molar-refractivity contribution in [1.29, 1.82) is 0 Å². The number of likely N-dealkylation sites (tertiary alicyclic amines) is 2. The molecule has 2 aliphatic heterocycles. The molecule has 0 unspecified atom stereocenters. The number of halogens is 1. The van der Waals surface area contributed by atoms with E-state index in [-0.39, 0.29) is 36.1 Å². The third-order valence-electron chi connectivity index (χ3n) is 6.60. The molecule has 2 atom stereocenters. The molecule has 0 saturated carbocycles. The molecule has 5 nitrogen and oxygen atoms in total. The molecule has 6 heteroatoms. The van der Waals surface area contributed by atoms with Crippen molar-refractivity contribution in [1.82, 2.24) is 9.80 Å². The van der Waals surface area contributed by atoms with Crippen LogP contribution < -0.4 is 0 Å². The van der Waals surface area contributed by atoms with E-state index in [9.17, 15) is 14.3 Å². The Balaban J connectivity index is 1.24. The number of para-hydroxylation sites is 1. The fraction of sp³-hybridized carbons (Fsp3) is 0.375. The van der Waals surface area contributed by atoms with Crippen LogP contribution >= 0.6 is 0 Å². The van der Waals surface area contributed by atoms with Crippen molar-refractivity contribution >= 4 is 16.9 Å². The number of aliphatic hydroxyl groups excluding tert-OH is 1. The number of rotatable bonds is 5. The molecule has 0 bridgehead atoms. The van der Waals surface area contributed by atoms with Crippen LogP contribution in [0.15, 0.2) is 59.0 Å². The van der Waals surface area contributed by atoms with E-state index in [2.05, 4.69) is 11.0 Å². The number of nitrogens with zero attached hydrogens (tertiary/aromatic N) is 2. The number of benzene rings is 2. The van der Waals surface area contributed by atoms with Gasteiger partial charge in [-0.1, -0.05) is 30.3 Å². The summed E-state index contributed by atoms with van der Waals surface area (Å²) in [5.41, 5.74) is 1.27. The van der Waals surface area contributed by atoms with Crippen LogP contribution in [0.1, 0.15) is 11.3 Å². The molecule has 1 amide bonds. The maximum atomic E-state index is 13.4. The average Bonchev–Trinajstić information content (AvgIpc) is 3.38. The lowest BCUT2D eigenvalue weighted by atomic mass is 9.82. The summed E-state index contributed by atoms with van der Waals surface area (Å²) in [7, 11) is 0. The number of carbonyl (C=O) groups is 1. The molecule has 0 radical (unpaired) electrons. The van der Waals surface area contributed by atoms with Crippen LogP contribution in [0.3, 0.4) is 0 Å². The predicted octanol–water partition coefficient (Wildman–Crippen LogP) is 3.07. The fourth-order valence-corrected chi connectivity index (χ4v) is 5.09. The standard InChI is InChI=1S/C24H25FN2O3/c25-20-6-3-4-17(8-20)9-23(29)27-12-19-11-26(14-24(19,15-27)16-28)13-21-10-18-5-1-2-7-22(18)30-21/h1-8,10,19,28H,9,11-16H2/t19-,24+/m0/s1. The Morgan fingerprint density at radius 3 is 2.77 bits per heavy atom. The third kappa shape index (κ3) is 3.50. The number of hydrogen-bond donors (Lipinski definition) is 1. The highest BCUT2D eigenvalue weighted by Crippen LogP contribution is 2.43. The second-order valence-corrected chi connectivity index (χ2v) is 8.72. The SMILES string of the molecule is O=C(Cc1cccc(F)c1)N1C[C@@H]2CN(Cc3cc4ccccc4o3)C[C@]2(CO)C1. The summed E-state index contributed by atoms with van der Waals surface area (Å²) in [6.07, 6.45) is 0.189. The number of carbonyl (C=O) groups excluding carboxylic acids is 1. The first-order chi connectivity index (χ1) is 14.5. The summed E-state index contributed by atoms with van der Waals surface area (Å²) in [6.45, 7) is 3.48. The van der Waals surface area contributed by atoms with Gasteiger partial charge in [0, 0.05) is 37.0 Å². The van der Waals surface area contributed by atoms with E-state index in [1.165, 1.54) is 12.1 Å². The Morgan fingerprint density at radius 2 is 2.00 bits per heavy atom. The molecule has 156 valence electrons. The van der Waals surface area contributed by atoms with Crippen LogP contribution in [0.4, 0.5) is 4.39 Å². The van der Waals surface area contributed by atoms with E-state index in [0.29, 0.717) is 25.2 Å². The summed E-state index contributed by atoms with van der Waals surface area (Å²) in [5.74, 6) is 0.810. The minimum Gasteiger partial charge on any atom is -0.460 e. The Morgan fingerprint density at radius 1 is 1.13 bits per heavy atom. The predicted molar refractivity (Wildman–Crippen MR) is 111 cm³/mol. The van der Waals surface area contributed by atoms with Gasteiger partial charge in [0.2, 0.25) is 5.91 Å². The molecule has 1 N–H and O–H groups in total. The van der Waals surface area contributed by atoms with Gasteiger partial charge in [0.25, 0.3) is 0 Å². The first-order valence-electron chi connectivity index (χ1n) is 10.4. The van der Waals surface area contributed by atoms with Gasteiger partial charge in [0.1, 0.15) is 17.2 Å². The molecule has 1 aromatic heterocycles. The third-order valence-corrected chi connectivity index (χ3v) is 6.60. The molecule has 2 saturated heterocycles. The van der Waals surface area contributed by atoms with Crippen LogP contribution in [0, 0.1) is 17.2 Å². The fourth-order valence-electron chi connectivity index (χ4n) is 5.09. The maximum Gasteiger partial charge on any atom is 0.227 e. The molecule has 3 aromatic rings. The van der Waals surface area contributed by atoms with Crippen LogP contribution in [0.25, 0.3) is 11.0 Å². The molecule has 3 heterocycles. The molecule has 2 fully saturated rings. The lowest BCUT2D eigenvalue weighted by Gasteiger charge is -2.27. The van der Waals surface area contributed by atoms with Crippen LogP contribution in [0.2, 0.25) is 0 Å². The topological polar surface area (TPSA) is 56.9 Å². The number of hydrogen-bond acceptors (Lipinski definition) is 4. The lowest BCUT2D eigenvalue weighted by molar-refractivity contribution is -0.130. The molecule has 5 rings (SSSR count). The smallest absolute Gasteiger partial charge is 0.227 e. The zero-order valence-electron chi connectivity index (χ0n) is 16.8. The van der Waals surface area contributed by atoms with E-state index >= 15 is 0 Å². The van der Waals surface area contributed by atoms with Crippen molar-refractivity contribution in [2.24, 2.45) is 11.3 Å². The van der Waals surface area contributed by atoms with Crippen molar-refractivity contribution in [3.63, 3.8) is 0 Å². The molecular formula is C24H25FN2O3. The summed E-state index contributed by atoms with van der Waals surface area (Å²) >= 11 is 0. The molecule has 0 aliphatic carbocycles. The molecule has 2 aliphatic rings. The van der Waals surface area contributed by atoms with Crippen LogP contribution in [-0.2, 0) is 17.8 Å². The molecule has 2 aromatic carbocycles. The van der Waals surface area contributed by atoms with Gasteiger partial charge < -0.3 is 14.4 Å². The minimum absolute atomic E-state index is 0.00772. The van der Waals surface area contributed by atoms with Gasteiger partial charge in [0.15, 0.2) is 0 Å². The summed E-state index contributed by atoms with van der Waals surface area (Å²) in [5, 5.41) is 11.3. The molecule has 0 spiro atoms. The first kappa shape index (κ1) is 19.3. The lowest BCUT2D eigenvalue weighted by Crippen LogP contribution is -2.39. The Kier molecular flexibility index (Phi) is 4.83. The largest absolute Gasteiger partial charge is 0.460 e. The van der Waals surface area contributed by atoms with Gasteiger partial charge in [-0.25, -0.2) is 4.39 Å². The normalized spacial score (nSPS) is 23.9. The van der Waals surface area contributed by atoms with Crippen LogP contribution in [0.5, 0.6) is 0 Å². The highest BCUT2D eigenvalue weighted by molar-refractivity contribution is 5.79. The monoisotopic (exact) mass is 408 g/mol. The highest BCUT2D eigenvalue weighted by atomic mass is 19.1. The second kappa shape index (κ2) is 7.52. The zero-order chi connectivity index (χ0) is 20.7. The summed E-state index contributed by atoms with van der Waals surface area (Å²) in [4.78, 5) is 16.9. The van der Waals surface area contributed by atoms with Crippen molar-refractivity contribution < 1.29 is 18.7 Å². The molecule has 30 heavy (non-hydrogen) atoms. The van der Waals surface area contributed by atoms with E-state index < -0.39 is 0 Å². The zero-order valence-corrected chi connectivity index (χ0v) is 16.8. The first-order valence-corrected chi connectivity index (χ1v) is 10.4. The summed E-state index contributed by atoms with van der Waals surface area (Å²) in [6, 6.07) is 16.2. The minimum atomic E-state index is -0.327. The van der Waals surface area contributed by atoms with Crippen LogP contribution in [-0.4, -0.2) is 53.6 Å². The van der Waals surface area contributed by atoms with E-state index in [1.54, 1.807) is 12.1 Å². The Labute approximate surface area is 174 Å². The molecular weight excluding hydrogens is 383 g/mol. The Bertz CT molecular complexity index is 1050. The van der Waals surface area contributed by atoms with E-state index in [4.69, 9.17) is 4.42 Å².